The van der Waals surface area contributed by atoms with Gasteiger partial charge in [0.2, 0.25) is 0 Å². The Kier molecular flexibility index (Phi) is 6.36. The molecule has 1 unspecified atom stereocenters. The minimum absolute atomic E-state index is 0.0153. The minimum Gasteiger partial charge on any atom is -0.497 e. The molecule has 3 heterocycles. The SMILES string of the molecule is COc1cccc(C(=O)N2CCc3cc(C(=O)N4CCCC4CN4CCCC4)ccc3C2)c1. The minimum atomic E-state index is 0.0153. The Balaban J connectivity index is 1.27. The fourth-order valence-electron chi connectivity index (χ4n) is 5.52. The van der Waals surface area contributed by atoms with E-state index in [1.807, 2.05) is 35.2 Å². The molecule has 0 spiro atoms. The summed E-state index contributed by atoms with van der Waals surface area (Å²) in [5.74, 6) is 0.863. The van der Waals surface area contributed by atoms with Crippen molar-refractivity contribution in [3.05, 3.63) is 64.7 Å². The van der Waals surface area contributed by atoms with Crippen molar-refractivity contribution in [2.45, 2.75) is 44.7 Å². The van der Waals surface area contributed by atoms with Crippen LogP contribution >= 0.6 is 0 Å². The summed E-state index contributed by atoms with van der Waals surface area (Å²) in [6.07, 6.45) is 5.53. The molecule has 0 aliphatic carbocycles. The van der Waals surface area contributed by atoms with Crippen molar-refractivity contribution in [2.24, 2.45) is 0 Å². The van der Waals surface area contributed by atoms with Gasteiger partial charge in [0.25, 0.3) is 11.8 Å². The maximum Gasteiger partial charge on any atom is 0.254 e. The fourth-order valence-corrected chi connectivity index (χ4v) is 5.52. The molecule has 2 saturated heterocycles. The molecule has 0 saturated carbocycles. The molecule has 0 N–H and O–H groups in total. The monoisotopic (exact) mass is 447 g/mol. The summed E-state index contributed by atoms with van der Waals surface area (Å²) in [7, 11) is 1.61. The zero-order chi connectivity index (χ0) is 22.8. The van der Waals surface area contributed by atoms with Gasteiger partial charge in [0, 0.05) is 43.3 Å². The number of likely N-dealkylation sites (tertiary alicyclic amines) is 2. The van der Waals surface area contributed by atoms with E-state index in [4.69, 9.17) is 4.74 Å². The van der Waals surface area contributed by atoms with Crippen LogP contribution in [0, 0.1) is 0 Å². The molecule has 1 atom stereocenters. The lowest BCUT2D eigenvalue weighted by molar-refractivity contribution is 0.0703. The van der Waals surface area contributed by atoms with E-state index >= 15 is 0 Å². The number of amides is 2. The average Bonchev–Trinajstić information content (AvgIpc) is 3.55. The quantitative estimate of drug-likeness (QED) is 0.703. The van der Waals surface area contributed by atoms with E-state index in [-0.39, 0.29) is 11.8 Å². The predicted octanol–water partition coefficient (Wildman–Crippen LogP) is 3.59. The molecule has 2 amide bonds. The summed E-state index contributed by atoms with van der Waals surface area (Å²) >= 11 is 0. The molecular formula is C27H33N3O3. The van der Waals surface area contributed by atoms with Gasteiger partial charge >= 0.3 is 0 Å². The first-order chi connectivity index (χ1) is 16.1. The van der Waals surface area contributed by atoms with Crippen LogP contribution in [0.25, 0.3) is 0 Å². The Morgan fingerprint density at radius 1 is 0.909 bits per heavy atom. The molecule has 2 aromatic rings. The Morgan fingerprint density at radius 2 is 1.73 bits per heavy atom. The maximum absolute atomic E-state index is 13.4. The highest BCUT2D eigenvalue weighted by atomic mass is 16.5. The topological polar surface area (TPSA) is 53.1 Å². The third kappa shape index (κ3) is 4.62. The third-order valence-corrected chi connectivity index (χ3v) is 7.38. The first kappa shape index (κ1) is 22.0. The summed E-state index contributed by atoms with van der Waals surface area (Å²) in [6.45, 7) is 5.43. The molecule has 0 bridgehead atoms. The second-order valence-electron chi connectivity index (χ2n) is 9.49. The van der Waals surface area contributed by atoms with Crippen LogP contribution < -0.4 is 4.74 Å². The highest BCUT2D eigenvalue weighted by Crippen LogP contribution is 2.26. The van der Waals surface area contributed by atoms with Crippen molar-refractivity contribution in [1.29, 1.82) is 0 Å². The lowest BCUT2D eigenvalue weighted by Gasteiger charge is -2.31. The van der Waals surface area contributed by atoms with Gasteiger partial charge in [-0.2, -0.15) is 0 Å². The number of rotatable bonds is 5. The molecule has 0 aromatic heterocycles. The number of carbonyl (C=O) groups is 2. The summed E-state index contributed by atoms with van der Waals surface area (Å²) in [5, 5.41) is 0. The Bertz CT molecular complexity index is 1030. The van der Waals surface area contributed by atoms with E-state index in [1.165, 1.54) is 31.5 Å². The predicted molar refractivity (Wildman–Crippen MR) is 128 cm³/mol. The molecule has 6 nitrogen and oxygen atoms in total. The van der Waals surface area contributed by atoms with Gasteiger partial charge in [-0.05, 0) is 86.7 Å². The van der Waals surface area contributed by atoms with E-state index < -0.39 is 0 Å². The van der Waals surface area contributed by atoms with E-state index in [0.717, 1.165) is 43.5 Å². The number of nitrogens with zero attached hydrogens (tertiary/aromatic N) is 3. The van der Waals surface area contributed by atoms with Crippen LogP contribution in [0.5, 0.6) is 5.75 Å². The van der Waals surface area contributed by atoms with Crippen molar-refractivity contribution in [1.82, 2.24) is 14.7 Å². The number of hydrogen-bond donors (Lipinski definition) is 0. The molecule has 5 rings (SSSR count). The summed E-state index contributed by atoms with van der Waals surface area (Å²) in [6, 6.07) is 13.7. The van der Waals surface area contributed by atoms with Crippen LogP contribution in [0.3, 0.4) is 0 Å². The van der Waals surface area contributed by atoms with E-state index in [0.29, 0.717) is 30.4 Å². The van der Waals surface area contributed by atoms with Gasteiger partial charge in [0.1, 0.15) is 5.75 Å². The fraction of sp³-hybridized carbons (Fsp3) is 0.481. The van der Waals surface area contributed by atoms with Gasteiger partial charge in [-0.3, -0.25) is 9.59 Å². The van der Waals surface area contributed by atoms with Crippen LogP contribution in [0.4, 0.5) is 0 Å². The van der Waals surface area contributed by atoms with Crippen LogP contribution in [0.1, 0.15) is 57.5 Å². The number of benzene rings is 2. The number of fused-ring (bicyclic) bond motifs is 1. The molecule has 33 heavy (non-hydrogen) atoms. The van der Waals surface area contributed by atoms with Crippen molar-refractivity contribution in [3.63, 3.8) is 0 Å². The molecule has 2 aromatic carbocycles. The first-order valence-electron chi connectivity index (χ1n) is 12.2. The van der Waals surface area contributed by atoms with Crippen LogP contribution in [-0.4, -0.2) is 72.4 Å². The van der Waals surface area contributed by atoms with Crippen LogP contribution in [-0.2, 0) is 13.0 Å². The maximum atomic E-state index is 13.4. The largest absolute Gasteiger partial charge is 0.497 e. The summed E-state index contributed by atoms with van der Waals surface area (Å²) in [5.41, 5.74) is 3.74. The molecule has 174 valence electrons. The second-order valence-corrected chi connectivity index (χ2v) is 9.49. The number of carbonyl (C=O) groups excluding carboxylic acids is 2. The lowest BCUT2D eigenvalue weighted by atomic mass is 9.96. The summed E-state index contributed by atoms with van der Waals surface area (Å²) < 4.78 is 5.26. The number of methoxy groups -OCH3 is 1. The van der Waals surface area contributed by atoms with Gasteiger partial charge in [0.15, 0.2) is 0 Å². The second kappa shape index (κ2) is 9.56. The number of ether oxygens (including phenoxy) is 1. The summed E-state index contributed by atoms with van der Waals surface area (Å²) in [4.78, 5) is 32.9. The van der Waals surface area contributed by atoms with Crippen molar-refractivity contribution < 1.29 is 14.3 Å². The van der Waals surface area contributed by atoms with Crippen molar-refractivity contribution in [3.8, 4) is 5.75 Å². The highest BCUT2D eigenvalue weighted by Gasteiger charge is 2.32. The molecule has 0 radical (unpaired) electrons. The van der Waals surface area contributed by atoms with E-state index in [1.54, 1.807) is 13.2 Å². The molecule has 3 aliphatic heterocycles. The van der Waals surface area contributed by atoms with Gasteiger partial charge in [0.05, 0.1) is 7.11 Å². The average molecular weight is 448 g/mol. The zero-order valence-electron chi connectivity index (χ0n) is 19.5. The van der Waals surface area contributed by atoms with Crippen LogP contribution in [0.15, 0.2) is 42.5 Å². The van der Waals surface area contributed by atoms with Gasteiger partial charge in [-0.15, -0.1) is 0 Å². The van der Waals surface area contributed by atoms with Gasteiger partial charge < -0.3 is 19.4 Å². The smallest absolute Gasteiger partial charge is 0.254 e. The highest BCUT2D eigenvalue weighted by molar-refractivity contribution is 5.96. The molecule has 6 heteroatoms. The Labute approximate surface area is 196 Å². The first-order valence-corrected chi connectivity index (χ1v) is 12.2. The molecule has 3 aliphatic rings. The van der Waals surface area contributed by atoms with E-state index in [9.17, 15) is 9.59 Å². The van der Waals surface area contributed by atoms with Crippen molar-refractivity contribution >= 4 is 11.8 Å². The number of hydrogen-bond acceptors (Lipinski definition) is 4. The zero-order valence-corrected chi connectivity index (χ0v) is 19.5. The lowest BCUT2D eigenvalue weighted by Crippen LogP contribution is -2.42. The normalized spacial score (nSPS) is 20.7. The van der Waals surface area contributed by atoms with Crippen molar-refractivity contribution in [2.75, 3.05) is 39.8 Å². The van der Waals surface area contributed by atoms with Gasteiger partial charge in [-0.25, -0.2) is 0 Å². The standard InChI is InChI=1S/C27H33N3O3/c1-33-25-8-4-6-21(17-25)26(31)29-15-11-20-16-22(9-10-23(20)18-29)27(32)30-14-5-7-24(30)19-28-12-2-3-13-28/h4,6,8-10,16-17,24H,2-3,5,7,11-15,18-19H2,1H3. The van der Waals surface area contributed by atoms with Gasteiger partial charge in [-0.1, -0.05) is 12.1 Å². The third-order valence-electron chi connectivity index (χ3n) is 7.38. The Morgan fingerprint density at radius 3 is 2.55 bits per heavy atom. The van der Waals surface area contributed by atoms with Crippen LogP contribution in [0.2, 0.25) is 0 Å². The van der Waals surface area contributed by atoms with E-state index in [2.05, 4.69) is 15.9 Å². The molecular weight excluding hydrogens is 414 g/mol. The Hall–Kier alpha value is -2.86. The molecule has 2 fully saturated rings.